The minimum atomic E-state index is -0.367. The SMILES string of the molecule is O=C1c2ccccc2C(=O)N1CCN1C(=O)[C@H]2CC=CC[C@@H]2C1=O. The van der Waals surface area contributed by atoms with Gasteiger partial charge in [-0.05, 0) is 25.0 Å². The van der Waals surface area contributed by atoms with Crippen LogP contribution in [0, 0.1) is 11.8 Å². The van der Waals surface area contributed by atoms with Gasteiger partial charge in [0.2, 0.25) is 11.8 Å². The van der Waals surface area contributed by atoms with Crippen LogP contribution in [-0.2, 0) is 9.59 Å². The molecule has 0 N–H and O–H groups in total. The summed E-state index contributed by atoms with van der Waals surface area (Å²) in [5.41, 5.74) is 0.749. The third kappa shape index (κ3) is 2.02. The van der Waals surface area contributed by atoms with Crippen LogP contribution < -0.4 is 0 Å². The molecule has 1 aliphatic carbocycles. The molecule has 1 aromatic rings. The van der Waals surface area contributed by atoms with E-state index in [0.29, 0.717) is 24.0 Å². The molecule has 6 nitrogen and oxygen atoms in total. The number of hydrogen-bond acceptors (Lipinski definition) is 4. The van der Waals surface area contributed by atoms with Crippen molar-refractivity contribution >= 4 is 23.6 Å². The molecule has 0 bridgehead atoms. The van der Waals surface area contributed by atoms with Crippen molar-refractivity contribution < 1.29 is 19.2 Å². The summed E-state index contributed by atoms with van der Waals surface area (Å²) in [7, 11) is 0. The quantitative estimate of drug-likeness (QED) is 0.619. The lowest BCUT2D eigenvalue weighted by molar-refractivity contribution is -0.140. The van der Waals surface area contributed by atoms with Crippen molar-refractivity contribution in [3.05, 3.63) is 47.5 Å². The number of likely N-dealkylation sites (tertiary alicyclic amines) is 1. The normalized spacial score (nSPS) is 25.5. The number of benzene rings is 1. The first-order chi connectivity index (χ1) is 11.6. The highest BCUT2D eigenvalue weighted by molar-refractivity contribution is 6.21. The summed E-state index contributed by atoms with van der Waals surface area (Å²) in [5.74, 6) is -1.69. The molecule has 2 atom stereocenters. The van der Waals surface area contributed by atoms with Crippen molar-refractivity contribution in [1.29, 1.82) is 0 Å². The standard InChI is InChI=1S/C18H16N2O4/c21-15-11-5-1-2-6-12(11)16(22)19(15)9-10-20-17(23)13-7-3-4-8-14(13)18(20)24/h1-6,13-14H,7-10H2/t13-,14-/m0/s1. The maximum absolute atomic E-state index is 12.4. The number of hydrogen-bond donors (Lipinski definition) is 0. The van der Waals surface area contributed by atoms with Crippen molar-refractivity contribution in [3.63, 3.8) is 0 Å². The highest BCUT2D eigenvalue weighted by Gasteiger charge is 2.47. The molecule has 0 spiro atoms. The fraction of sp³-hybridized carbons (Fsp3) is 0.333. The molecule has 0 aromatic heterocycles. The molecule has 1 fully saturated rings. The van der Waals surface area contributed by atoms with Gasteiger partial charge in [0.05, 0.1) is 23.0 Å². The average molecular weight is 324 g/mol. The molecule has 2 aliphatic heterocycles. The van der Waals surface area contributed by atoms with Gasteiger partial charge >= 0.3 is 0 Å². The van der Waals surface area contributed by atoms with E-state index in [0.717, 1.165) is 4.90 Å². The number of amides is 4. The van der Waals surface area contributed by atoms with Gasteiger partial charge in [-0.3, -0.25) is 29.0 Å². The third-order valence-corrected chi connectivity index (χ3v) is 5.02. The number of imide groups is 2. The minimum absolute atomic E-state index is 0.0384. The Kier molecular flexibility index (Phi) is 3.33. The number of rotatable bonds is 3. The van der Waals surface area contributed by atoms with Crippen molar-refractivity contribution in [2.24, 2.45) is 11.8 Å². The van der Waals surface area contributed by atoms with E-state index >= 15 is 0 Å². The Morgan fingerprint density at radius 2 is 1.21 bits per heavy atom. The first-order valence-electron chi connectivity index (χ1n) is 8.05. The fourth-order valence-corrected chi connectivity index (χ4v) is 3.73. The lowest BCUT2D eigenvalue weighted by Crippen LogP contribution is -2.41. The van der Waals surface area contributed by atoms with E-state index in [4.69, 9.17) is 0 Å². The number of nitrogens with zero attached hydrogens (tertiary/aromatic N) is 2. The summed E-state index contributed by atoms with van der Waals surface area (Å²) < 4.78 is 0. The molecule has 1 saturated heterocycles. The zero-order chi connectivity index (χ0) is 16.8. The van der Waals surface area contributed by atoms with Gasteiger partial charge in [0.25, 0.3) is 11.8 Å². The number of allylic oxidation sites excluding steroid dienone is 2. The Bertz CT molecular complexity index is 737. The number of carbonyl (C=O) groups is 4. The van der Waals surface area contributed by atoms with Crippen LogP contribution in [0.1, 0.15) is 33.6 Å². The highest BCUT2D eigenvalue weighted by Crippen LogP contribution is 2.35. The van der Waals surface area contributed by atoms with Crippen LogP contribution in [0.5, 0.6) is 0 Å². The molecule has 2 heterocycles. The third-order valence-electron chi connectivity index (χ3n) is 5.02. The van der Waals surface area contributed by atoms with E-state index in [1.165, 1.54) is 4.90 Å². The summed E-state index contributed by atoms with van der Waals surface area (Å²) in [6.45, 7) is 0.104. The van der Waals surface area contributed by atoms with Gasteiger partial charge in [0, 0.05) is 13.1 Å². The maximum atomic E-state index is 12.4. The predicted molar refractivity (Wildman–Crippen MR) is 83.9 cm³/mol. The van der Waals surface area contributed by atoms with Gasteiger partial charge in [-0.1, -0.05) is 24.3 Å². The van der Waals surface area contributed by atoms with Gasteiger partial charge in [-0.2, -0.15) is 0 Å². The van der Waals surface area contributed by atoms with E-state index < -0.39 is 0 Å². The van der Waals surface area contributed by atoms with E-state index in [9.17, 15) is 19.2 Å². The van der Waals surface area contributed by atoms with Crippen LogP contribution in [0.25, 0.3) is 0 Å². The van der Waals surface area contributed by atoms with E-state index in [-0.39, 0.29) is 48.6 Å². The summed E-state index contributed by atoms with van der Waals surface area (Å²) in [4.78, 5) is 51.8. The first-order valence-corrected chi connectivity index (χ1v) is 8.05. The molecule has 1 aromatic carbocycles. The molecule has 0 saturated carbocycles. The van der Waals surface area contributed by atoms with E-state index in [1.807, 2.05) is 12.2 Å². The average Bonchev–Trinajstić information content (AvgIpc) is 3.00. The summed E-state index contributed by atoms with van der Waals surface area (Å²) in [6.07, 6.45) is 5.03. The van der Waals surface area contributed by atoms with Gasteiger partial charge in [-0.25, -0.2) is 0 Å². The van der Waals surface area contributed by atoms with Crippen LogP contribution in [-0.4, -0.2) is 46.5 Å². The molecule has 0 unspecified atom stereocenters. The highest BCUT2D eigenvalue weighted by atomic mass is 16.2. The van der Waals surface area contributed by atoms with Crippen molar-refractivity contribution in [2.45, 2.75) is 12.8 Å². The number of carbonyl (C=O) groups excluding carboxylic acids is 4. The Morgan fingerprint density at radius 3 is 1.71 bits per heavy atom. The zero-order valence-corrected chi connectivity index (χ0v) is 13.0. The molecule has 4 rings (SSSR count). The predicted octanol–water partition coefficient (Wildman–Crippen LogP) is 1.23. The smallest absolute Gasteiger partial charge is 0.261 e. The Balaban J connectivity index is 1.49. The van der Waals surface area contributed by atoms with Gasteiger partial charge in [-0.15, -0.1) is 0 Å². The van der Waals surface area contributed by atoms with E-state index in [1.54, 1.807) is 24.3 Å². The largest absolute Gasteiger partial charge is 0.280 e. The van der Waals surface area contributed by atoms with Gasteiger partial charge in [0.1, 0.15) is 0 Å². The second-order valence-corrected chi connectivity index (χ2v) is 6.29. The monoisotopic (exact) mass is 324 g/mol. The summed E-state index contributed by atoms with van der Waals surface area (Å²) >= 11 is 0. The Labute approximate surface area is 138 Å². The van der Waals surface area contributed by atoms with E-state index in [2.05, 4.69) is 0 Å². The zero-order valence-electron chi connectivity index (χ0n) is 13.0. The molecular formula is C18H16N2O4. The molecule has 3 aliphatic rings. The number of fused-ring (bicyclic) bond motifs is 2. The fourth-order valence-electron chi connectivity index (χ4n) is 3.73. The Hall–Kier alpha value is -2.76. The lowest BCUT2D eigenvalue weighted by Gasteiger charge is -2.19. The second kappa shape index (κ2) is 5.40. The first kappa shape index (κ1) is 14.8. The minimum Gasteiger partial charge on any atom is -0.280 e. The maximum Gasteiger partial charge on any atom is 0.261 e. The van der Waals surface area contributed by atoms with Gasteiger partial charge in [0.15, 0.2) is 0 Å². The van der Waals surface area contributed by atoms with Crippen LogP contribution in [0.3, 0.4) is 0 Å². The van der Waals surface area contributed by atoms with Crippen LogP contribution in [0.2, 0.25) is 0 Å². The summed E-state index contributed by atoms with van der Waals surface area (Å²) in [5, 5.41) is 0. The van der Waals surface area contributed by atoms with Crippen LogP contribution >= 0.6 is 0 Å². The van der Waals surface area contributed by atoms with Crippen molar-refractivity contribution in [1.82, 2.24) is 9.80 Å². The summed E-state index contributed by atoms with van der Waals surface area (Å²) in [6, 6.07) is 6.64. The molecule has 24 heavy (non-hydrogen) atoms. The molecule has 6 heteroatoms. The van der Waals surface area contributed by atoms with Gasteiger partial charge < -0.3 is 0 Å². The molecule has 0 radical (unpaired) electrons. The van der Waals surface area contributed by atoms with Crippen molar-refractivity contribution in [2.75, 3.05) is 13.1 Å². The van der Waals surface area contributed by atoms with Crippen LogP contribution in [0.4, 0.5) is 0 Å². The Morgan fingerprint density at radius 1 is 0.750 bits per heavy atom. The van der Waals surface area contributed by atoms with Crippen molar-refractivity contribution in [3.8, 4) is 0 Å². The second-order valence-electron chi connectivity index (χ2n) is 6.29. The lowest BCUT2D eigenvalue weighted by atomic mass is 9.85. The molecular weight excluding hydrogens is 308 g/mol. The topological polar surface area (TPSA) is 74.8 Å². The molecule has 4 amide bonds. The molecule has 122 valence electrons. The van der Waals surface area contributed by atoms with Crippen LogP contribution in [0.15, 0.2) is 36.4 Å².